The summed E-state index contributed by atoms with van der Waals surface area (Å²) >= 11 is 0. The van der Waals surface area contributed by atoms with Crippen molar-refractivity contribution in [3.63, 3.8) is 0 Å². The van der Waals surface area contributed by atoms with Gasteiger partial charge in [-0.2, -0.15) is 14.0 Å². The van der Waals surface area contributed by atoms with Gasteiger partial charge in [0.15, 0.2) is 0 Å². The van der Waals surface area contributed by atoms with Gasteiger partial charge in [-0.15, -0.1) is 0 Å². The molecule has 0 spiro atoms. The van der Waals surface area contributed by atoms with Crippen LogP contribution in [-0.2, 0) is 6.54 Å². The van der Waals surface area contributed by atoms with Crippen LogP contribution in [0.15, 0.2) is 51.9 Å². The summed E-state index contributed by atoms with van der Waals surface area (Å²) in [5, 5.41) is 21.3. The molecule has 2 unspecified atom stereocenters. The zero-order valence-electron chi connectivity index (χ0n) is 26.4. The first-order valence-electron chi connectivity index (χ1n) is 17.0. The summed E-state index contributed by atoms with van der Waals surface area (Å²) < 4.78 is 30.5. The molecule has 1 aromatic carbocycles. The molecule has 2 atom stereocenters. The van der Waals surface area contributed by atoms with Gasteiger partial charge in [-0.1, -0.05) is 44.9 Å². The van der Waals surface area contributed by atoms with Crippen LogP contribution in [0.3, 0.4) is 0 Å². The Morgan fingerprint density at radius 1 is 1.07 bits per heavy atom. The minimum Gasteiger partial charge on any atom is -0.434 e. The Morgan fingerprint density at radius 3 is 2.52 bits per heavy atom. The lowest BCUT2D eigenvalue weighted by Gasteiger charge is -2.60. The molecule has 1 aromatic rings. The molecule has 238 valence electrons. The number of aliphatic imine (C=N–C) groups is 1. The van der Waals surface area contributed by atoms with Crippen molar-refractivity contribution < 1.29 is 13.5 Å². The highest BCUT2D eigenvalue weighted by Gasteiger charge is 2.55. The van der Waals surface area contributed by atoms with E-state index in [0.717, 1.165) is 53.8 Å². The van der Waals surface area contributed by atoms with Crippen molar-refractivity contribution >= 4 is 6.21 Å². The maximum atomic E-state index is 12.9. The van der Waals surface area contributed by atoms with E-state index < -0.39 is 6.61 Å². The summed E-state index contributed by atoms with van der Waals surface area (Å²) in [4.78, 5) is 4.66. The van der Waals surface area contributed by atoms with E-state index in [0.29, 0.717) is 41.4 Å². The Bertz CT molecular complexity index is 1290. The molecule has 6 aliphatic rings. The normalized spacial score (nSPS) is 33.0. The van der Waals surface area contributed by atoms with E-state index in [1.165, 1.54) is 64.3 Å². The molecule has 5 aliphatic carbocycles. The monoisotopic (exact) mass is 605 g/mol. The van der Waals surface area contributed by atoms with Crippen molar-refractivity contribution in [3.8, 4) is 11.8 Å². The fraction of sp³-hybridized carbons (Fsp3) is 0.667. The summed E-state index contributed by atoms with van der Waals surface area (Å²) in [5.41, 5.74) is 3.54. The minimum absolute atomic E-state index is 0.154. The third-order valence-electron chi connectivity index (χ3n) is 11.4. The SMILES string of the molecule is CCC1=C(NCc2ccccc2OC(F)F)N=CC(C#N)=C(NCC23CC4CC(C2)C(NCC2CCC(C)CC2)C(C4)C3)C1. The predicted octanol–water partition coefficient (Wildman–Crippen LogP) is 7.45. The van der Waals surface area contributed by atoms with Crippen LogP contribution in [0.1, 0.15) is 90.0 Å². The second-order valence-corrected chi connectivity index (χ2v) is 14.5. The Balaban J connectivity index is 1.09. The van der Waals surface area contributed by atoms with Gasteiger partial charge in [0.05, 0.1) is 5.57 Å². The highest BCUT2D eigenvalue weighted by atomic mass is 19.3. The van der Waals surface area contributed by atoms with E-state index in [1.807, 2.05) is 0 Å². The summed E-state index contributed by atoms with van der Waals surface area (Å²) in [5.74, 6) is 4.98. The molecule has 0 radical (unpaired) electrons. The molecule has 5 fully saturated rings. The van der Waals surface area contributed by atoms with Gasteiger partial charge in [0.25, 0.3) is 0 Å². The number of halogens is 2. The van der Waals surface area contributed by atoms with Gasteiger partial charge in [-0.3, -0.25) is 0 Å². The first-order chi connectivity index (χ1) is 21.3. The highest BCUT2D eigenvalue weighted by molar-refractivity contribution is 5.86. The molecule has 0 saturated heterocycles. The Labute approximate surface area is 261 Å². The third kappa shape index (κ3) is 6.98. The fourth-order valence-electron chi connectivity index (χ4n) is 9.32. The van der Waals surface area contributed by atoms with Crippen molar-refractivity contribution in [3.05, 3.63) is 52.5 Å². The van der Waals surface area contributed by atoms with Gasteiger partial charge < -0.3 is 20.7 Å². The number of alkyl halides is 2. The molecular weight excluding hydrogens is 556 g/mol. The van der Waals surface area contributed by atoms with Crippen LogP contribution >= 0.6 is 0 Å². The molecule has 0 amide bonds. The van der Waals surface area contributed by atoms with Gasteiger partial charge >= 0.3 is 6.61 Å². The van der Waals surface area contributed by atoms with Crippen LogP contribution in [-0.4, -0.2) is 32.0 Å². The Morgan fingerprint density at radius 2 is 1.82 bits per heavy atom. The molecule has 7 rings (SSSR count). The second kappa shape index (κ2) is 13.6. The van der Waals surface area contributed by atoms with E-state index >= 15 is 0 Å². The first-order valence-corrected chi connectivity index (χ1v) is 17.0. The highest BCUT2D eigenvalue weighted by Crippen LogP contribution is 2.60. The van der Waals surface area contributed by atoms with E-state index in [-0.39, 0.29) is 5.75 Å². The largest absolute Gasteiger partial charge is 0.434 e. The van der Waals surface area contributed by atoms with Gasteiger partial charge in [0, 0.05) is 43.0 Å². The number of allylic oxidation sites excluding steroid dienone is 2. The summed E-state index contributed by atoms with van der Waals surface area (Å²) in [6.07, 6.45) is 15.2. The standard InChI is InChI=1S/C36H49F2N5O/c1-3-26-14-31(30(18-39)21-42-34(26)41-20-27-6-4-5-7-32(27)44-35(37)38)43-22-36-15-25-12-28(16-36)33(29(13-25)17-36)40-19-24-10-8-23(2)9-11-24/h4-7,21,23-25,28-29,33,35,40-41,43H,3,8-17,19-20,22H2,1-2H3. The number of nitrogens with zero attached hydrogens (tertiary/aromatic N) is 2. The second-order valence-electron chi connectivity index (χ2n) is 14.5. The Kier molecular flexibility index (Phi) is 9.61. The molecule has 8 heteroatoms. The van der Waals surface area contributed by atoms with Crippen LogP contribution in [0.25, 0.3) is 0 Å². The molecule has 0 aromatic heterocycles. The Hall–Kier alpha value is -2.92. The lowest BCUT2D eigenvalue weighted by molar-refractivity contribution is -0.0751. The van der Waals surface area contributed by atoms with Crippen LogP contribution in [0.4, 0.5) is 8.78 Å². The van der Waals surface area contributed by atoms with E-state index in [4.69, 9.17) is 4.74 Å². The van der Waals surface area contributed by atoms with Crippen molar-refractivity contribution in [2.75, 3.05) is 13.1 Å². The number of nitriles is 1. The van der Waals surface area contributed by atoms with Crippen LogP contribution in [0.2, 0.25) is 0 Å². The molecule has 1 aliphatic heterocycles. The van der Waals surface area contributed by atoms with E-state index in [9.17, 15) is 14.0 Å². The van der Waals surface area contributed by atoms with Crippen molar-refractivity contribution in [1.29, 1.82) is 5.26 Å². The predicted molar refractivity (Wildman–Crippen MR) is 170 cm³/mol. The average Bonchev–Trinajstić information content (AvgIpc) is 3.18. The zero-order valence-corrected chi connectivity index (χ0v) is 26.4. The molecule has 44 heavy (non-hydrogen) atoms. The quantitative estimate of drug-likeness (QED) is 0.231. The number of benzene rings is 1. The minimum atomic E-state index is -2.88. The smallest absolute Gasteiger partial charge is 0.387 e. The number of ether oxygens (including phenoxy) is 1. The summed E-state index contributed by atoms with van der Waals surface area (Å²) in [6, 6.07) is 9.86. The maximum Gasteiger partial charge on any atom is 0.387 e. The number of nitrogens with one attached hydrogen (secondary N) is 3. The lowest BCUT2D eigenvalue weighted by Crippen LogP contribution is -2.60. The van der Waals surface area contributed by atoms with Crippen LogP contribution in [0.5, 0.6) is 5.75 Å². The fourth-order valence-corrected chi connectivity index (χ4v) is 9.32. The molecule has 1 heterocycles. The average molecular weight is 606 g/mol. The van der Waals surface area contributed by atoms with Crippen molar-refractivity contribution in [1.82, 2.24) is 16.0 Å². The summed E-state index contributed by atoms with van der Waals surface area (Å²) in [6.45, 7) is 4.03. The molecule has 5 saturated carbocycles. The number of para-hydroxylation sites is 1. The van der Waals surface area contributed by atoms with Gasteiger partial charge in [0.1, 0.15) is 17.6 Å². The number of hydrogen-bond acceptors (Lipinski definition) is 6. The topological polar surface area (TPSA) is 81.5 Å². The third-order valence-corrected chi connectivity index (χ3v) is 11.4. The van der Waals surface area contributed by atoms with E-state index in [2.05, 4.69) is 40.9 Å². The van der Waals surface area contributed by atoms with Crippen LogP contribution < -0.4 is 20.7 Å². The van der Waals surface area contributed by atoms with Gasteiger partial charge in [-0.05, 0) is 105 Å². The van der Waals surface area contributed by atoms with Crippen molar-refractivity contribution in [2.24, 2.45) is 40.0 Å². The molecular formula is C36H49F2N5O. The zero-order chi connectivity index (χ0) is 30.7. The lowest BCUT2D eigenvalue weighted by atomic mass is 9.48. The first kappa shape index (κ1) is 31.1. The van der Waals surface area contributed by atoms with Crippen molar-refractivity contribution in [2.45, 2.75) is 104 Å². The van der Waals surface area contributed by atoms with Gasteiger partial charge in [-0.25, -0.2) is 4.99 Å². The maximum absolute atomic E-state index is 12.9. The van der Waals surface area contributed by atoms with E-state index in [1.54, 1.807) is 30.5 Å². The van der Waals surface area contributed by atoms with Gasteiger partial charge in [0.2, 0.25) is 0 Å². The number of rotatable bonds is 12. The van der Waals surface area contributed by atoms with Crippen LogP contribution in [0, 0.1) is 46.3 Å². The molecule has 4 bridgehead atoms. The molecule has 6 nitrogen and oxygen atoms in total. The molecule has 3 N–H and O–H groups in total. The number of hydrogen-bond donors (Lipinski definition) is 3. The summed E-state index contributed by atoms with van der Waals surface area (Å²) in [7, 11) is 0.